The molecule has 2 aromatic heterocycles. The summed E-state index contributed by atoms with van der Waals surface area (Å²) in [5.74, 6) is 3.06. The van der Waals surface area contributed by atoms with Crippen molar-refractivity contribution in [1.29, 1.82) is 0 Å². The molecule has 0 saturated heterocycles. The minimum Gasteiger partial charge on any atom is -0.496 e. The fourth-order valence-electron chi connectivity index (χ4n) is 2.45. The van der Waals surface area contributed by atoms with Crippen LogP contribution in [-0.4, -0.2) is 28.9 Å². The number of ether oxygens (including phenoxy) is 1. The molecule has 1 aromatic carbocycles. The predicted octanol–water partition coefficient (Wildman–Crippen LogP) is 2.37. The van der Waals surface area contributed by atoms with Crippen molar-refractivity contribution in [1.82, 2.24) is 14.7 Å². The van der Waals surface area contributed by atoms with Gasteiger partial charge in [-0.05, 0) is 24.3 Å². The first-order valence-corrected chi connectivity index (χ1v) is 7.08. The van der Waals surface area contributed by atoms with Crippen LogP contribution in [0.5, 0.6) is 5.75 Å². The zero-order valence-electron chi connectivity index (χ0n) is 12.6. The smallest absolute Gasteiger partial charge is 0.288 e. The van der Waals surface area contributed by atoms with Crippen molar-refractivity contribution in [3.63, 3.8) is 0 Å². The number of carbonyl (C=O) groups excluding carboxylic acids is 1. The number of benzene rings is 1. The van der Waals surface area contributed by atoms with E-state index in [1.165, 1.54) is 0 Å². The van der Waals surface area contributed by atoms with Crippen molar-refractivity contribution in [2.45, 2.75) is 0 Å². The maximum atomic E-state index is 12.3. The highest BCUT2D eigenvalue weighted by Crippen LogP contribution is 2.32. The first-order chi connectivity index (χ1) is 11.3. The summed E-state index contributed by atoms with van der Waals surface area (Å²) in [6.45, 7) is 0.157. The summed E-state index contributed by atoms with van der Waals surface area (Å²) in [6, 6.07) is 13.2. The molecule has 0 saturated carbocycles. The van der Waals surface area contributed by atoms with Crippen molar-refractivity contribution in [2.24, 2.45) is 0 Å². The number of methoxy groups -OCH3 is 1. The fraction of sp³-hybridized carbons (Fsp3) is 0.111. The molecule has 0 spiro atoms. The minimum atomic E-state index is -0.315. The van der Waals surface area contributed by atoms with Crippen molar-refractivity contribution in [3.05, 3.63) is 54.5 Å². The number of amides is 1. The van der Waals surface area contributed by atoms with Crippen molar-refractivity contribution >= 4 is 11.4 Å². The van der Waals surface area contributed by atoms with E-state index in [-0.39, 0.29) is 18.3 Å². The SMILES string of the molecule is C#CCNC(=O)c1nc(-c2ccccc2OC)c2ccccn12. The number of nitrogens with one attached hydrogen (secondary N) is 1. The number of imidazole rings is 1. The fourth-order valence-corrected chi connectivity index (χ4v) is 2.45. The summed E-state index contributed by atoms with van der Waals surface area (Å²) < 4.78 is 7.15. The van der Waals surface area contributed by atoms with Crippen LogP contribution in [0.25, 0.3) is 16.8 Å². The molecule has 5 heteroatoms. The van der Waals surface area contributed by atoms with E-state index in [9.17, 15) is 4.79 Å². The monoisotopic (exact) mass is 305 g/mol. The molecule has 0 unspecified atom stereocenters. The Morgan fingerprint density at radius 2 is 2.09 bits per heavy atom. The Morgan fingerprint density at radius 3 is 2.87 bits per heavy atom. The summed E-state index contributed by atoms with van der Waals surface area (Å²) in [5, 5.41) is 2.64. The first kappa shape index (κ1) is 14.7. The topological polar surface area (TPSA) is 55.6 Å². The summed E-state index contributed by atoms with van der Waals surface area (Å²) >= 11 is 0. The van der Waals surface area contributed by atoms with Crippen LogP contribution in [0.4, 0.5) is 0 Å². The molecule has 0 aliphatic heterocycles. The lowest BCUT2D eigenvalue weighted by molar-refractivity contribution is 0.0948. The van der Waals surface area contributed by atoms with Gasteiger partial charge in [0.25, 0.3) is 5.91 Å². The minimum absolute atomic E-state index is 0.157. The second kappa shape index (κ2) is 6.24. The molecule has 0 radical (unpaired) electrons. The molecule has 2 heterocycles. The highest BCUT2D eigenvalue weighted by Gasteiger charge is 2.19. The normalized spacial score (nSPS) is 10.3. The number of carbonyl (C=O) groups is 1. The Morgan fingerprint density at radius 1 is 1.30 bits per heavy atom. The Bertz CT molecular complexity index is 906. The standard InChI is InChI=1S/C18H15N3O2/c1-3-11-19-18(22)17-20-16(14-9-6-7-12-21(14)17)13-8-4-5-10-15(13)23-2/h1,4-10,12H,11H2,2H3,(H,19,22). The van der Waals surface area contributed by atoms with Crippen LogP contribution in [0.2, 0.25) is 0 Å². The maximum Gasteiger partial charge on any atom is 0.288 e. The van der Waals surface area contributed by atoms with Gasteiger partial charge in [0.2, 0.25) is 5.82 Å². The molecule has 0 atom stereocenters. The average molecular weight is 305 g/mol. The second-order valence-electron chi connectivity index (χ2n) is 4.83. The quantitative estimate of drug-likeness (QED) is 0.753. The molecule has 1 N–H and O–H groups in total. The highest BCUT2D eigenvalue weighted by atomic mass is 16.5. The number of rotatable bonds is 4. The number of aromatic nitrogens is 2. The lowest BCUT2D eigenvalue weighted by Gasteiger charge is -2.05. The number of para-hydroxylation sites is 1. The van der Waals surface area contributed by atoms with Crippen LogP contribution in [0.1, 0.15) is 10.6 Å². The summed E-state index contributed by atoms with van der Waals surface area (Å²) in [6.07, 6.45) is 6.99. The number of hydrogen-bond donors (Lipinski definition) is 1. The van der Waals surface area contributed by atoms with Crippen molar-refractivity contribution in [2.75, 3.05) is 13.7 Å². The molecule has 114 valence electrons. The van der Waals surface area contributed by atoms with Gasteiger partial charge in [0.05, 0.1) is 19.2 Å². The summed E-state index contributed by atoms with van der Waals surface area (Å²) in [4.78, 5) is 16.8. The first-order valence-electron chi connectivity index (χ1n) is 7.08. The predicted molar refractivity (Wildman–Crippen MR) is 88.3 cm³/mol. The van der Waals surface area contributed by atoms with Crippen LogP contribution < -0.4 is 10.1 Å². The van der Waals surface area contributed by atoms with Gasteiger partial charge in [0, 0.05) is 11.8 Å². The van der Waals surface area contributed by atoms with Gasteiger partial charge in [-0.15, -0.1) is 6.42 Å². The van der Waals surface area contributed by atoms with Crippen LogP contribution in [0.3, 0.4) is 0 Å². The van der Waals surface area contributed by atoms with E-state index >= 15 is 0 Å². The third kappa shape index (κ3) is 2.62. The van der Waals surface area contributed by atoms with Gasteiger partial charge in [0.15, 0.2) is 0 Å². The Balaban J connectivity index is 2.19. The molecule has 3 aromatic rings. The van der Waals surface area contributed by atoms with Crippen molar-refractivity contribution < 1.29 is 9.53 Å². The Kier molecular flexibility index (Phi) is 3.98. The van der Waals surface area contributed by atoms with Crippen LogP contribution in [-0.2, 0) is 0 Å². The maximum absolute atomic E-state index is 12.3. The Hall–Kier alpha value is -3.26. The molecule has 0 aliphatic rings. The van der Waals surface area contributed by atoms with Crippen LogP contribution >= 0.6 is 0 Å². The molecule has 0 aliphatic carbocycles. The third-order valence-corrected chi connectivity index (χ3v) is 3.46. The number of nitrogens with zero attached hydrogens (tertiary/aromatic N) is 2. The summed E-state index contributed by atoms with van der Waals surface area (Å²) in [7, 11) is 1.61. The van der Waals surface area contributed by atoms with Crippen LogP contribution in [0, 0.1) is 12.3 Å². The molecule has 3 rings (SSSR count). The van der Waals surface area contributed by atoms with Crippen molar-refractivity contribution in [3.8, 4) is 29.4 Å². The van der Waals surface area contributed by atoms with Gasteiger partial charge in [-0.3, -0.25) is 9.20 Å². The molecule has 23 heavy (non-hydrogen) atoms. The van der Waals surface area contributed by atoms with Gasteiger partial charge in [-0.25, -0.2) is 4.98 Å². The summed E-state index contributed by atoms with van der Waals surface area (Å²) in [5.41, 5.74) is 2.34. The average Bonchev–Trinajstić information content (AvgIpc) is 2.99. The largest absolute Gasteiger partial charge is 0.496 e. The van der Waals surface area contributed by atoms with Crippen LogP contribution in [0.15, 0.2) is 48.7 Å². The van der Waals surface area contributed by atoms with E-state index in [1.807, 2.05) is 42.5 Å². The van der Waals surface area contributed by atoms with E-state index in [2.05, 4.69) is 16.2 Å². The molecule has 0 bridgehead atoms. The van der Waals surface area contributed by atoms with E-state index < -0.39 is 0 Å². The lowest BCUT2D eigenvalue weighted by Crippen LogP contribution is -2.25. The molecule has 0 fully saturated rings. The second-order valence-corrected chi connectivity index (χ2v) is 4.83. The molecular formula is C18H15N3O2. The lowest BCUT2D eigenvalue weighted by atomic mass is 10.1. The number of terminal acetylenes is 1. The van der Waals surface area contributed by atoms with Gasteiger partial charge in [-0.1, -0.05) is 24.1 Å². The van der Waals surface area contributed by atoms with Gasteiger partial charge in [0.1, 0.15) is 11.4 Å². The number of pyridine rings is 1. The molecule has 1 amide bonds. The number of hydrogen-bond acceptors (Lipinski definition) is 3. The molecular weight excluding hydrogens is 290 g/mol. The van der Waals surface area contributed by atoms with E-state index in [0.717, 1.165) is 11.1 Å². The Labute approximate surface area is 133 Å². The van der Waals surface area contributed by atoms with Gasteiger partial charge >= 0.3 is 0 Å². The van der Waals surface area contributed by atoms with E-state index in [0.29, 0.717) is 11.4 Å². The third-order valence-electron chi connectivity index (χ3n) is 3.46. The number of fused-ring (bicyclic) bond motifs is 1. The zero-order valence-corrected chi connectivity index (χ0v) is 12.6. The highest BCUT2D eigenvalue weighted by molar-refractivity contribution is 5.95. The van der Waals surface area contributed by atoms with E-state index in [4.69, 9.17) is 11.2 Å². The molecule has 5 nitrogen and oxygen atoms in total. The van der Waals surface area contributed by atoms with Gasteiger partial charge in [-0.2, -0.15) is 0 Å². The van der Waals surface area contributed by atoms with E-state index in [1.54, 1.807) is 17.7 Å². The zero-order chi connectivity index (χ0) is 16.2. The van der Waals surface area contributed by atoms with Gasteiger partial charge < -0.3 is 10.1 Å².